The average molecular weight is 393 g/mol. The molecule has 0 spiro atoms. The maximum absolute atomic E-state index is 12.4. The van der Waals surface area contributed by atoms with Crippen LogP contribution in [0.2, 0.25) is 0 Å². The van der Waals surface area contributed by atoms with Crippen LogP contribution in [0.1, 0.15) is 0 Å². The van der Waals surface area contributed by atoms with Crippen LogP contribution in [-0.4, -0.2) is 40.0 Å². The molecule has 0 saturated heterocycles. The predicted octanol–water partition coefficient (Wildman–Crippen LogP) is 4.08. The summed E-state index contributed by atoms with van der Waals surface area (Å²) in [6.45, 7) is 0.252. The largest absolute Gasteiger partial charge is 0.497 e. The van der Waals surface area contributed by atoms with Crippen molar-refractivity contribution in [1.29, 1.82) is 0 Å². The lowest BCUT2D eigenvalue weighted by atomic mass is 10.2. The Morgan fingerprint density at radius 1 is 1.07 bits per heavy atom. The van der Waals surface area contributed by atoms with E-state index < -0.39 is 0 Å². The minimum absolute atomic E-state index is 0.0728. The van der Waals surface area contributed by atoms with Gasteiger partial charge in [-0.25, -0.2) is 4.98 Å². The monoisotopic (exact) mass is 393 g/mol. The first-order chi connectivity index (χ1) is 14.2. The topological polar surface area (TPSA) is 65.3 Å². The fourth-order valence-corrected chi connectivity index (χ4v) is 3.17. The van der Waals surface area contributed by atoms with E-state index in [9.17, 15) is 4.53 Å². The zero-order chi connectivity index (χ0) is 20.2. The molecule has 0 amide bonds. The number of benzene rings is 2. The van der Waals surface area contributed by atoms with Crippen molar-refractivity contribution in [3.05, 3.63) is 61.1 Å². The lowest BCUT2D eigenvalue weighted by Crippen LogP contribution is -2.21. The van der Waals surface area contributed by atoms with Crippen LogP contribution in [0.3, 0.4) is 0 Å². The van der Waals surface area contributed by atoms with Crippen molar-refractivity contribution in [1.82, 2.24) is 19.7 Å². The zero-order valence-electron chi connectivity index (χ0n) is 16.1. The molecule has 0 aliphatic carbocycles. The molecule has 148 valence electrons. The molecule has 0 unspecified atom stereocenters. The third-order valence-corrected chi connectivity index (χ3v) is 4.60. The molecule has 2 aromatic heterocycles. The number of nitrogens with zero attached hydrogens (tertiary/aromatic N) is 5. The van der Waals surface area contributed by atoms with Crippen molar-refractivity contribution < 1.29 is 14.2 Å². The summed E-state index contributed by atoms with van der Waals surface area (Å²) in [5.41, 5.74) is 4.84. The number of aromatic nitrogens is 4. The van der Waals surface area contributed by atoms with E-state index in [4.69, 9.17) is 9.72 Å². The summed E-state index contributed by atoms with van der Waals surface area (Å²) in [4.78, 5) is 15.0. The van der Waals surface area contributed by atoms with E-state index in [1.54, 1.807) is 24.2 Å². The maximum atomic E-state index is 12.4. The van der Waals surface area contributed by atoms with Crippen molar-refractivity contribution in [2.24, 2.45) is 7.05 Å². The standard InChI is InChI=1S/C21H20FN5O2/c1-26-14-15(12-24-26)21-13-23-19-7-6-17(11-20(19)25-21)27(8-9-29-22)16-4-3-5-18(10-16)28-2/h3-7,10-14H,8-9H2,1-2H3. The van der Waals surface area contributed by atoms with Gasteiger partial charge in [0.25, 0.3) is 0 Å². The average Bonchev–Trinajstić information content (AvgIpc) is 3.20. The number of hydrogen-bond donors (Lipinski definition) is 0. The lowest BCUT2D eigenvalue weighted by molar-refractivity contribution is -0.128. The summed E-state index contributed by atoms with van der Waals surface area (Å²) >= 11 is 0. The number of aryl methyl sites for hydroxylation is 1. The Labute approximate surface area is 167 Å². The van der Waals surface area contributed by atoms with Crippen LogP contribution < -0.4 is 9.64 Å². The highest BCUT2D eigenvalue weighted by atomic mass is 19.3. The van der Waals surface area contributed by atoms with E-state index in [0.717, 1.165) is 33.7 Å². The first-order valence-electron chi connectivity index (χ1n) is 9.09. The third-order valence-electron chi connectivity index (χ3n) is 4.60. The minimum Gasteiger partial charge on any atom is -0.497 e. The molecule has 4 aromatic rings. The molecule has 0 N–H and O–H groups in total. The molecule has 4 rings (SSSR count). The van der Waals surface area contributed by atoms with E-state index in [-0.39, 0.29) is 6.61 Å². The van der Waals surface area contributed by atoms with Crippen molar-refractivity contribution in [2.45, 2.75) is 0 Å². The molecule has 0 fully saturated rings. The molecule has 0 aliphatic rings. The normalized spacial score (nSPS) is 11.0. The molecule has 2 heterocycles. The summed E-state index contributed by atoms with van der Waals surface area (Å²) < 4.78 is 19.5. The second kappa shape index (κ2) is 8.24. The second-order valence-electron chi connectivity index (χ2n) is 6.50. The first kappa shape index (κ1) is 18.8. The first-order valence-corrected chi connectivity index (χ1v) is 9.09. The Kier molecular flexibility index (Phi) is 5.35. The second-order valence-corrected chi connectivity index (χ2v) is 6.50. The summed E-state index contributed by atoms with van der Waals surface area (Å²) in [7, 11) is 3.47. The van der Waals surface area contributed by atoms with Gasteiger partial charge in [0, 0.05) is 36.2 Å². The van der Waals surface area contributed by atoms with Gasteiger partial charge < -0.3 is 9.64 Å². The Hall–Kier alpha value is -3.52. The summed E-state index contributed by atoms with van der Waals surface area (Å²) in [5, 5.41) is 4.19. The molecule has 0 saturated carbocycles. The van der Waals surface area contributed by atoms with E-state index in [1.807, 2.05) is 60.6 Å². The Morgan fingerprint density at radius 3 is 2.69 bits per heavy atom. The van der Waals surface area contributed by atoms with Crippen molar-refractivity contribution in [3.63, 3.8) is 0 Å². The minimum atomic E-state index is -0.0728. The number of ether oxygens (including phenoxy) is 1. The lowest BCUT2D eigenvalue weighted by Gasteiger charge is -2.25. The highest BCUT2D eigenvalue weighted by molar-refractivity contribution is 5.82. The molecule has 2 aromatic carbocycles. The fraction of sp³-hybridized carbons (Fsp3) is 0.190. The van der Waals surface area contributed by atoms with E-state index in [2.05, 4.69) is 15.0 Å². The molecule has 0 aliphatic heterocycles. The van der Waals surface area contributed by atoms with Gasteiger partial charge in [-0.1, -0.05) is 6.07 Å². The van der Waals surface area contributed by atoms with Crippen LogP contribution in [0, 0.1) is 0 Å². The molecule has 7 nitrogen and oxygen atoms in total. The van der Waals surface area contributed by atoms with Crippen LogP contribution in [0.25, 0.3) is 22.3 Å². The van der Waals surface area contributed by atoms with E-state index in [0.29, 0.717) is 12.3 Å². The molecule has 8 heteroatoms. The predicted molar refractivity (Wildman–Crippen MR) is 109 cm³/mol. The summed E-state index contributed by atoms with van der Waals surface area (Å²) in [6.07, 6.45) is 5.37. The van der Waals surface area contributed by atoms with Gasteiger partial charge in [0.05, 0.1) is 42.8 Å². The number of rotatable bonds is 7. The highest BCUT2D eigenvalue weighted by Gasteiger charge is 2.13. The maximum Gasteiger partial charge on any atom is 0.120 e. The van der Waals surface area contributed by atoms with Crippen LogP contribution in [0.4, 0.5) is 15.9 Å². The smallest absolute Gasteiger partial charge is 0.120 e. The number of hydrogen-bond acceptors (Lipinski definition) is 6. The highest BCUT2D eigenvalue weighted by Crippen LogP contribution is 2.30. The quantitative estimate of drug-likeness (QED) is 0.471. The van der Waals surface area contributed by atoms with Crippen LogP contribution in [0.15, 0.2) is 61.1 Å². The van der Waals surface area contributed by atoms with Gasteiger partial charge in [0.2, 0.25) is 0 Å². The Bertz CT molecular complexity index is 1130. The number of methoxy groups -OCH3 is 1. The van der Waals surface area contributed by atoms with Crippen LogP contribution in [-0.2, 0) is 12.0 Å². The zero-order valence-corrected chi connectivity index (χ0v) is 16.1. The third kappa shape index (κ3) is 4.02. The Morgan fingerprint density at radius 2 is 1.93 bits per heavy atom. The van der Waals surface area contributed by atoms with Crippen molar-refractivity contribution >= 4 is 22.4 Å². The molecule has 0 radical (unpaired) electrons. The molecule has 0 atom stereocenters. The van der Waals surface area contributed by atoms with Crippen molar-refractivity contribution in [2.75, 3.05) is 25.2 Å². The number of anilines is 2. The number of fused-ring (bicyclic) bond motifs is 1. The van der Waals surface area contributed by atoms with E-state index in [1.165, 1.54) is 0 Å². The fourth-order valence-electron chi connectivity index (χ4n) is 3.17. The number of halogens is 1. The van der Waals surface area contributed by atoms with Gasteiger partial charge in [-0.3, -0.25) is 9.67 Å². The Balaban J connectivity index is 1.76. The van der Waals surface area contributed by atoms with Crippen LogP contribution in [0.5, 0.6) is 5.75 Å². The molecule has 0 bridgehead atoms. The summed E-state index contributed by atoms with van der Waals surface area (Å²) in [6, 6.07) is 13.3. The van der Waals surface area contributed by atoms with Crippen LogP contribution >= 0.6 is 0 Å². The molecule has 29 heavy (non-hydrogen) atoms. The molecular formula is C21H20FN5O2. The van der Waals surface area contributed by atoms with Gasteiger partial charge in [-0.05, 0) is 34.9 Å². The van der Waals surface area contributed by atoms with Gasteiger partial charge in [0.15, 0.2) is 0 Å². The summed E-state index contributed by atoms with van der Waals surface area (Å²) in [5.74, 6) is 0.716. The van der Waals surface area contributed by atoms with Gasteiger partial charge in [-0.15, -0.1) is 0 Å². The SMILES string of the molecule is COc1cccc(N(CCOF)c2ccc3ncc(-c4cnn(C)c4)nc3c2)c1. The van der Waals surface area contributed by atoms with Gasteiger partial charge in [0.1, 0.15) is 12.4 Å². The van der Waals surface area contributed by atoms with Gasteiger partial charge >= 0.3 is 0 Å². The van der Waals surface area contributed by atoms with Gasteiger partial charge in [-0.2, -0.15) is 10.0 Å². The van der Waals surface area contributed by atoms with E-state index >= 15 is 0 Å². The van der Waals surface area contributed by atoms with Crippen molar-refractivity contribution in [3.8, 4) is 17.0 Å². The molecular weight excluding hydrogens is 373 g/mol.